The van der Waals surface area contributed by atoms with Gasteiger partial charge in [-0.25, -0.2) is 4.98 Å². The molecule has 1 aromatic carbocycles. The summed E-state index contributed by atoms with van der Waals surface area (Å²) in [5.41, 5.74) is 3.09. The van der Waals surface area contributed by atoms with E-state index in [9.17, 15) is 14.4 Å². The summed E-state index contributed by atoms with van der Waals surface area (Å²) in [4.78, 5) is 45.2. The highest BCUT2D eigenvalue weighted by Gasteiger charge is 2.53. The molecule has 9 heteroatoms. The van der Waals surface area contributed by atoms with Crippen molar-refractivity contribution in [3.05, 3.63) is 29.3 Å². The van der Waals surface area contributed by atoms with Crippen molar-refractivity contribution in [2.24, 2.45) is 11.8 Å². The molecule has 1 N–H and O–H groups in total. The predicted molar refractivity (Wildman–Crippen MR) is 122 cm³/mol. The third-order valence-electron chi connectivity index (χ3n) is 7.08. The maximum atomic E-state index is 13.7. The molecule has 2 aliphatic heterocycles. The number of fused-ring (bicyclic) bond motifs is 2. The van der Waals surface area contributed by atoms with Crippen molar-refractivity contribution in [1.82, 2.24) is 15.2 Å². The summed E-state index contributed by atoms with van der Waals surface area (Å²) in [6.07, 6.45) is 3.29. The molecule has 0 bridgehead atoms. The second-order valence-corrected chi connectivity index (χ2v) is 10.6. The van der Waals surface area contributed by atoms with Gasteiger partial charge in [-0.15, -0.1) is 22.9 Å². The van der Waals surface area contributed by atoms with Gasteiger partial charge in [0.2, 0.25) is 5.91 Å². The molecular weight excluding hydrogens is 450 g/mol. The Kier molecular flexibility index (Phi) is 5.94. The molecule has 3 aliphatic rings. The van der Waals surface area contributed by atoms with Gasteiger partial charge in [-0.2, -0.15) is 0 Å². The van der Waals surface area contributed by atoms with E-state index in [1.54, 1.807) is 16.5 Å². The second-order valence-electron chi connectivity index (χ2n) is 9.20. The number of hydrogen-bond donors (Lipinski definition) is 1. The molecular formula is C23H26ClN3O4S. The van der Waals surface area contributed by atoms with Crippen LogP contribution >= 0.6 is 22.9 Å². The zero-order valence-electron chi connectivity index (χ0n) is 17.8. The molecule has 1 aromatic heterocycles. The van der Waals surface area contributed by atoms with E-state index in [-0.39, 0.29) is 36.7 Å². The van der Waals surface area contributed by atoms with Crippen LogP contribution in [0.1, 0.15) is 43.0 Å². The fourth-order valence-corrected chi connectivity index (χ4v) is 6.30. The van der Waals surface area contributed by atoms with Crippen LogP contribution in [0.25, 0.3) is 10.2 Å². The van der Waals surface area contributed by atoms with Crippen LogP contribution in [0, 0.1) is 11.8 Å². The van der Waals surface area contributed by atoms with Crippen molar-refractivity contribution in [3.63, 3.8) is 0 Å². The minimum Gasteiger partial charge on any atom is -0.366 e. The lowest BCUT2D eigenvalue weighted by Crippen LogP contribution is -2.55. The molecule has 0 unspecified atom stereocenters. The largest absolute Gasteiger partial charge is 0.366 e. The Balaban J connectivity index is 1.40. The van der Waals surface area contributed by atoms with Crippen LogP contribution in [0.15, 0.2) is 23.7 Å². The number of benzene rings is 1. The SMILES string of the molecule is CC1CCC([C@H](NC(=O)c2ccc3ncsc3c2)C(=O)N2C[C@H](Cl)[C@H]3OCC(=O)[C@H]32)CC1. The lowest BCUT2D eigenvalue weighted by molar-refractivity contribution is -0.139. The number of hydrogen-bond acceptors (Lipinski definition) is 6. The molecule has 1 saturated carbocycles. The number of rotatable bonds is 4. The number of ether oxygens (including phenoxy) is 1. The van der Waals surface area contributed by atoms with Gasteiger partial charge < -0.3 is 15.0 Å². The molecule has 2 saturated heterocycles. The first-order chi connectivity index (χ1) is 15.4. The number of halogens is 1. The number of aromatic nitrogens is 1. The van der Waals surface area contributed by atoms with E-state index < -0.39 is 23.6 Å². The number of likely N-dealkylation sites (tertiary alicyclic amines) is 1. The fourth-order valence-electron chi connectivity index (χ4n) is 5.22. The molecule has 0 radical (unpaired) electrons. The summed E-state index contributed by atoms with van der Waals surface area (Å²) in [6, 6.07) is 4.01. The first-order valence-corrected chi connectivity index (χ1v) is 12.5. The highest BCUT2D eigenvalue weighted by molar-refractivity contribution is 7.16. The summed E-state index contributed by atoms with van der Waals surface area (Å²) in [7, 11) is 0. The Morgan fingerprint density at radius 1 is 1.28 bits per heavy atom. The van der Waals surface area contributed by atoms with Crippen molar-refractivity contribution in [2.75, 3.05) is 13.2 Å². The predicted octanol–water partition coefficient (Wildman–Crippen LogP) is 3.01. The Morgan fingerprint density at radius 3 is 2.84 bits per heavy atom. The number of amides is 2. The lowest BCUT2D eigenvalue weighted by Gasteiger charge is -2.35. The van der Waals surface area contributed by atoms with Gasteiger partial charge in [0.1, 0.15) is 24.8 Å². The summed E-state index contributed by atoms with van der Waals surface area (Å²) in [6.45, 7) is 2.45. The molecule has 7 nitrogen and oxygen atoms in total. The number of carbonyl (C=O) groups is 3. The highest BCUT2D eigenvalue weighted by atomic mass is 35.5. The Labute approximate surface area is 195 Å². The lowest BCUT2D eigenvalue weighted by atomic mass is 9.78. The third kappa shape index (κ3) is 3.93. The zero-order chi connectivity index (χ0) is 22.4. The van der Waals surface area contributed by atoms with Crippen molar-refractivity contribution >= 4 is 50.8 Å². The molecule has 3 fully saturated rings. The number of Topliss-reactive ketones (excluding diaryl/α,β-unsaturated/α-hetero) is 1. The Bertz CT molecular complexity index is 1050. The first kappa shape index (κ1) is 21.8. The summed E-state index contributed by atoms with van der Waals surface area (Å²) in [5.74, 6) is 0.00220. The first-order valence-electron chi connectivity index (χ1n) is 11.2. The smallest absolute Gasteiger partial charge is 0.251 e. The maximum Gasteiger partial charge on any atom is 0.251 e. The van der Waals surface area contributed by atoms with Crippen LogP contribution in [0.4, 0.5) is 0 Å². The summed E-state index contributed by atoms with van der Waals surface area (Å²) in [5, 5.41) is 2.60. The van der Waals surface area contributed by atoms with E-state index in [0.29, 0.717) is 11.5 Å². The highest BCUT2D eigenvalue weighted by Crippen LogP contribution is 2.35. The number of nitrogens with zero attached hydrogens (tertiary/aromatic N) is 2. The topological polar surface area (TPSA) is 88.6 Å². The average Bonchev–Trinajstić information content (AvgIpc) is 3.49. The monoisotopic (exact) mass is 475 g/mol. The van der Waals surface area contributed by atoms with Gasteiger partial charge in [0.25, 0.3) is 5.91 Å². The Hall–Kier alpha value is -2.03. The van der Waals surface area contributed by atoms with Gasteiger partial charge in [0, 0.05) is 12.1 Å². The van der Waals surface area contributed by atoms with E-state index in [1.807, 2.05) is 12.1 Å². The van der Waals surface area contributed by atoms with Crippen LogP contribution in [0.5, 0.6) is 0 Å². The molecule has 170 valence electrons. The molecule has 4 atom stereocenters. The number of carbonyl (C=O) groups excluding carboxylic acids is 3. The van der Waals surface area contributed by atoms with Crippen LogP contribution in [-0.2, 0) is 14.3 Å². The zero-order valence-corrected chi connectivity index (χ0v) is 19.4. The molecule has 0 spiro atoms. The van der Waals surface area contributed by atoms with Crippen molar-refractivity contribution in [1.29, 1.82) is 0 Å². The van der Waals surface area contributed by atoms with E-state index in [0.717, 1.165) is 35.9 Å². The summed E-state index contributed by atoms with van der Waals surface area (Å²) >= 11 is 7.88. The number of nitrogens with one attached hydrogen (secondary N) is 1. The number of ketones is 1. The van der Waals surface area contributed by atoms with E-state index in [2.05, 4.69) is 17.2 Å². The standard InChI is InChI=1S/C23H26ClN3O4S/c1-12-2-4-13(5-3-12)19(23(30)27-9-15(24)21-20(27)17(28)10-31-21)26-22(29)14-6-7-16-18(8-14)32-11-25-16/h6-8,11-13,15,19-21H,2-5,9-10H2,1H3,(H,26,29)/t12?,13?,15-,19-,20+,21+/m0/s1. The maximum absolute atomic E-state index is 13.7. The van der Waals surface area contributed by atoms with E-state index in [1.165, 1.54) is 11.3 Å². The van der Waals surface area contributed by atoms with Crippen LogP contribution < -0.4 is 5.32 Å². The molecule has 5 rings (SSSR count). The molecule has 2 aromatic rings. The van der Waals surface area contributed by atoms with Gasteiger partial charge in [0.15, 0.2) is 5.78 Å². The van der Waals surface area contributed by atoms with E-state index >= 15 is 0 Å². The average molecular weight is 476 g/mol. The summed E-state index contributed by atoms with van der Waals surface area (Å²) < 4.78 is 6.46. The minimum absolute atomic E-state index is 0.0187. The molecule has 2 amide bonds. The molecule has 32 heavy (non-hydrogen) atoms. The quantitative estimate of drug-likeness (QED) is 0.687. The third-order valence-corrected chi connectivity index (χ3v) is 8.26. The second kappa shape index (κ2) is 8.72. The van der Waals surface area contributed by atoms with Gasteiger partial charge in [-0.3, -0.25) is 14.4 Å². The number of alkyl halides is 1. The van der Waals surface area contributed by atoms with Gasteiger partial charge in [-0.1, -0.05) is 19.8 Å². The number of thiazole rings is 1. The molecule has 3 heterocycles. The normalized spacial score (nSPS) is 31.0. The minimum atomic E-state index is -0.692. The van der Waals surface area contributed by atoms with Gasteiger partial charge >= 0.3 is 0 Å². The van der Waals surface area contributed by atoms with Crippen molar-refractivity contribution in [2.45, 2.75) is 56.2 Å². The Morgan fingerprint density at radius 2 is 2.06 bits per heavy atom. The van der Waals surface area contributed by atoms with Crippen LogP contribution in [-0.4, -0.2) is 64.2 Å². The fraction of sp³-hybridized carbons (Fsp3) is 0.565. The van der Waals surface area contributed by atoms with E-state index in [4.69, 9.17) is 16.3 Å². The van der Waals surface area contributed by atoms with Crippen molar-refractivity contribution in [3.8, 4) is 0 Å². The van der Waals surface area contributed by atoms with Gasteiger partial charge in [0.05, 0.1) is 21.1 Å². The molecule has 1 aliphatic carbocycles. The van der Waals surface area contributed by atoms with Crippen molar-refractivity contribution < 1.29 is 19.1 Å². The van der Waals surface area contributed by atoms with Crippen LogP contribution in [0.2, 0.25) is 0 Å². The van der Waals surface area contributed by atoms with Gasteiger partial charge in [-0.05, 0) is 42.9 Å². The van der Waals surface area contributed by atoms with Crippen LogP contribution in [0.3, 0.4) is 0 Å².